The van der Waals surface area contributed by atoms with Crippen molar-refractivity contribution in [1.29, 1.82) is 0 Å². The van der Waals surface area contributed by atoms with Gasteiger partial charge in [0.05, 0.1) is 19.0 Å². The highest BCUT2D eigenvalue weighted by molar-refractivity contribution is 5.68. The van der Waals surface area contributed by atoms with Crippen LogP contribution in [0.4, 0.5) is 8.78 Å². The SMILES string of the molecule is COc1cc(OCc2ccc(C)nc2)ccc1-c1cnc(C2CC(F)(F)C2)[nH]1. The van der Waals surface area contributed by atoms with E-state index in [0.717, 1.165) is 22.5 Å². The minimum atomic E-state index is -2.57. The Balaban J connectivity index is 1.48. The molecule has 3 aromatic rings. The molecule has 1 saturated carbocycles. The Bertz CT molecular complexity index is 962. The highest BCUT2D eigenvalue weighted by Gasteiger charge is 2.47. The van der Waals surface area contributed by atoms with E-state index in [2.05, 4.69) is 15.0 Å². The first kappa shape index (κ1) is 18.4. The van der Waals surface area contributed by atoms with Gasteiger partial charge in [-0.3, -0.25) is 4.98 Å². The summed E-state index contributed by atoms with van der Waals surface area (Å²) in [5, 5.41) is 0. The summed E-state index contributed by atoms with van der Waals surface area (Å²) >= 11 is 0. The van der Waals surface area contributed by atoms with Crippen molar-refractivity contribution >= 4 is 0 Å². The molecule has 0 bridgehead atoms. The predicted molar refractivity (Wildman–Crippen MR) is 101 cm³/mol. The van der Waals surface area contributed by atoms with E-state index in [1.165, 1.54) is 0 Å². The number of aromatic amines is 1. The monoisotopic (exact) mass is 385 g/mol. The predicted octanol–water partition coefficient (Wildman–Crippen LogP) is 4.88. The minimum Gasteiger partial charge on any atom is -0.496 e. The molecular weight excluding hydrogens is 364 g/mol. The Hall–Kier alpha value is -2.96. The van der Waals surface area contributed by atoms with Crippen molar-refractivity contribution in [2.75, 3.05) is 7.11 Å². The van der Waals surface area contributed by atoms with Crippen LogP contribution in [0, 0.1) is 6.92 Å². The number of nitrogens with zero attached hydrogens (tertiary/aromatic N) is 2. The summed E-state index contributed by atoms with van der Waals surface area (Å²) in [5.41, 5.74) is 3.47. The van der Waals surface area contributed by atoms with Crippen LogP contribution in [0.2, 0.25) is 0 Å². The molecule has 2 heterocycles. The number of hydrogen-bond donors (Lipinski definition) is 1. The van der Waals surface area contributed by atoms with Crippen molar-refractivity contribution in [3.8, 4) is 22.8 Å². The first-order valence-electron chi connectivity index (χ1n) is 9.09. The number of ether oxygens (including phenoxy) is 2. The van der Waals surface area contributed by atoms with Gasteiger partial charge < -0.3 is 14.5 Å². The number of aryl methyl sites for hydroxylation is 1. The third kappa shape index (κ3) is 3.83. The van der Waals surface area contributed by atoms with Crippen LogP contribution in [0.5, 0.6) is 11.5 Å². The summed E-state index contributed by atoms with van der Waals surface area (Å²) in [6.45, 7) is 2.34. The van der Waals surface area contributed by atoms with Gasteiger partial charge in [0.25, 0.3) is 0 Å². The molecule has 4 rings (SSSR count). The van der Waals surface area contributed by atoms with Gasteiger partial charge in [0.15, 0.2) is 0 Å². The van der Waals surface area contributed by atoms with Crippen LogP contribution in [0.1, 0.15) is 35.8 Å². The summed E-state index contributed by atoms with van der Waals surface area (Å²) in [4.78, 5) is 11.7. The highest BCUT2D eigenvalue weighted by Crippen LogP contribution is 2.47. The number of aromatic nitrogens is 3. The lowest BCUT2D eigenvalue weighted by Gasteiger charge is -2.33. The van der Waals surface area contributed by atoms with Crippen LogP contribution in [0.15, 0.2) is 42.7 Å². The Labute approximate surface area is 161 Å². The number of halogens is 2. The molecule has 28 heavy (non-hydrogen) atoms. The fourth-order valence-corrected chi connectivity index (χ4v) is 3.27. The summed E-state index contributed by atoms with van der Waals surface area (Å²) < 4.78 is 37.5. The van der Waals surface area contributed by atoms with Gasteiger partial charge in [-0.05, 0) is 25.1 Å². The van der Waals surface area contributed by atoms with Crippen molar-refractivity contribution < 1.29 is 18.3 Å². The van der Waals surface area contributed by atoms with Crippen LogP contribution < -0.4 is 9.47 Å². The van der Waals surface area contributed by atoms with E-state index < -0.39 is 5.92 Å². The Morgan fingerprint density at radius 3 is 2.64 bits per heavy atom. The Morgan fingerprint density at radius 1 is 1.14 bits per heavy atom. The zero-order valence-corrected chi connectivity index (χ0v) is 15.7. The normalized spacial score (nSPS) is 15.9. The molecule has 0 amide bonds. The molecule has 1 N–H and O–H groups in total. The van der Waals surface area contributed by atoms with Crippen molar-refractivity contribution in [2.45, 2.75) is 38.2 Å². The lowest BCUT2D eigenvalue weighted by atomic mass is 9.81. The van der Waals surface area contributed by atoms with Crippen molar-refractivity contribution in [1.82, 2.24) is 15.0 Å². The van der Waals surface area contributed by atoms with Gasteiger partial charge in [0, 0.05) is 47.8 Å². The molecule has 0 saturated heterocycles. The van der Waals surface area contributed by atoms with Crippen molar-refractivity contribution in [3.05, 3.63) is 59.8 Å². The number of rotatable bonds is 6. The van der Waals surface area contributed by atoms with Gasteiger partial charge in [-0.2, -0.15) is 0 Å². The van der Waals surface area contributed by atoms with Gasteiger partial charge in [-0.15, -0.1) is 0 Å². The number of pyridine rings is 1. The van der Waals surface area contributed by atoms with E-state index in [9.17, 15) is 8.78 Å². The molecule has 7 heteroatoms. The zero-order chi connectivity index (χ0) is 19.7. The zero-order valence-electron chi connectivity index (χ0n) is 15.7. The van der Waals surface area contributed by atoms with E-state index in [1.807, 2.05) is 31.2 Å². The summed E-state index contributed by atoms with van der Waals surface area (Å²) in [6.07, 6.45) is 3.13. The quantitative estimate of drug-likeness (QED) is 0.657. The smallest absolute Gasteiger partial charge is 0.249 e. The summed E-state index contributed by atoms with van der Waals surface area (Å²) in [5.74, 6) is -0.912. The number of alkyl halides is 2. The van der Waals surface area contributed by atoms with Gasteiger partial charge in [-0.25, -0.2) is 13.8 Å². The van der Waals surface area contributed by atoms with E-state index in [1.54, 1.807) is 25.6 Å². The van der Waals surface area contributed by atoms with Gasteiger partial charge >= 0.3 is 0 Å². The number of nitrogens with one attached hydrogen (secondary N) is 1. The van der Waals surface area contributed by atoms with Gasteiger partial charge in [0.2, 0.25) is 5.92 Å². The maximum atomic E-state index is 13.1. The molecule has 1 aliphatic carbocycles. The van der Waals surface area contributed by atoms with Crippen molar-refractivity contribution in [3.63, 3.8) is 0 Å². The number of hydrogen-bond acceptors (Lipinski definition) is 4. The Morgan fingerprint density at radius 2 is 1.96 bits per heavy atom. The highest BCUT2D eigenvalue weighted by atomic mass is 19.3. The first-order valence-corrected chi connectivity index (χ1v) is 9.09. The molecule has 1 aliphatic rings. The standard InChI is InChI=1S/C21H21F2N3O2/c1-13-3-4-14(10-24-13)12-28-16-5-6-17(19(7-16)27-2)18-11-25-20(26-18)15-8-21(22,23)9-15/h3-7,10-11,15H,8-9,12H2,1-2H3,(H,25,26). The molecule has 0 unspecified atom stereocenters. The molecule has 0 aliphatic heterocycles. The van der Waals surface area contributed by atoms with Crippen LogP contribution in [-0.2, 0) is 6.61 Å². The summed E-state index contributed by atoms with van der Waals surface area (Å²) in [6, 6.07) is 9.43. The largest absolute Gasteiger partial charge is 0.496 e. The number of imidazole rings is 1. The third-order valence-electron chi connectivity index (χ3n) is 4.91. The molecule has 146 valence electrons. The third-order valence-corrected chi connectivity index (χ3v) is 4.91. The second-order valence-electron chi connectivity index (χ2n) is 7.10. The number of methoxy groups -OCH3 is 1. The topological polar surface area (TPSA) is 60.0 Å². The minimum absolute atomic E-state index is 0.155. The van der Waals surface area contributed by atoms with Crippen LogP contribution in [0.25, 0.3) is 11.3 Å². The lowest BCUT2D eigenvalue weighted by molar-refractivity contribution is -0.0883. The molecule has 2 aromatic heterocycles. The number of H-pyrrole nitrogens is 1. The van der Waals surface area contributed by atoms with Gasteiger partial charge in [-0.1, -0.05) is 6.07 Å². The van der Waals surface area contributed by atoms with Crippen LogP contribution in [0.3, 0.4) is 0 Å². The van der Waals surface area contributed by atoms with E-state index in [0.29, 0.717) is 23.9 Å². The molecule has 1 fully saturated rings. The molecule has 0 radical (unpaired) electrons. The molecule has 5 nitrogen and oxygen atoms in total. The molecular formula is C21H21F2N3O2. The Kier molecular flexibility index (Phi) is 4.75. The fraction of sp³-hybridized carbons (Fsp3) is 0.333. The van der Waals surface area contributed by atoms with E-state index in [4.69, 9.17) is 9.47 Å². The second-order valence-corrected chi connectivity index (χ2v) is 7.10. The lowest BCUT2D eigenvalue weighted by Crippen LogP contribution is -2.34. The first-order chi connectivity index (χ1) is 13.4. The van der Waals surface area contributed by atoms with Crippen molar-refractivity contribution in [2.24, 2.45) is 0 Å². The molecule has 0 atom stereocenters. The second kappa shape index (κ2) is 7.22. The average molecular weight is 385 g/mol. The maximum Gasteiger partial charge on any atom is 0.249 e. The van der Waals surface area contributed by atoms with E-state index >= 15 is 0 Å². The van der Waals surface area contributed by atoms with Gasteiger partial charge in [0.1, 0.15) is 23.9 Å². The summed E-state index contributed by atoms with van der Waals surface area (Å²) in [7, 11) is 1.58. The van der Waals surface area contributed by atoms with Crippen LogP contribution >= 0.6 is 0 Å². The molecule has 0 spiro atoms. The maximum absolute atomic E-state index is 13.1. The van der Waals surface area contributed by atoms with Crippen LogP contribution in [-0.4, -0.2) is 28.0 Å². The number of benzene rings is 1. The van der Waals surface area contributed by atoms with E-state index in [-0.39, 0.29) is 18.8 Å². The average Bonchev–Trinajstić information content (AvgIpc) is 3.15. The molecule has 1 aromatic carbocycles. The fourth-order valence-electron chi connectivity index (χ4n) is 3.27.